The normalized spacial score (nSPS) is 16.6. The molecule has 0 spiro atoms. The van der Waals surface area contributed by atoms with Gasteiger partial charge in [0.25, 0.3) is 0 Å². The largest absolute Gasteiger partial charge is 0.481 e. The molecule has 4 N–H and O–H groups in total. The number of ether oxygens (including phenoxy) is 2. The molecule has 0 aromatic carbocycles. The Kier molecular flexibility index (Phi) is 6.34. The standard InChI is InChI=1S/C14H25N3O6/c1-13(2,3)23-12(21)17-8-14(9-17,6-11(19)20)16-4-5-22-7-10(15)18/h16H,4-9H2,1-3H3,(H2,15,18)(H,19,20). The van der Waals surface area contributed by atoms with Crippen molar-refractivity contribution in [3.63, 3.8) is 0 Å². The molecule has 0 aromatic heterocycles. The number of hydrogen-bond acceptors (Lipinski definition) is 6. The molecule has 1 fully saturated rings. The number of rotatable bonds is 8. The number of carboxylic acids is 1. The van der Waals surface area contributed by atoms with E-state index in [0.29, 0.717) is 6.54 Å². The molecule has 1 saturated heterocycles. The highest BCUT2D eigenvalue weighted by atomic mass is 16.6. The predicted octanol–water partition coefficient (Wildman–Crippen LogP) is -0.458. The van der Waals surface area contributed by atoms with E-state index in [1.807, 2.05) is 0 Å². The fourth-order valence-electron chi connectivity index (χ4n) is 2.28. The summed E-state index contributed by atoms with van der Waals surface area (Å²) in [6.07, 6.45) is -0.590. The lowest BCUT2D eigenvalue weighted by molar-refractivity contribution is -0.141. The first-order valence-electron chi connectivity index (χ1n) is 7.34. The smallest absolute Gasteiger partial charge is 0.410 e. The van der Waals surface area contributed by atoms with Crippen molar-refractivity contribution in [3.8, 4) is 0 Å². The summed E-state index contributed by atoms with van der Waals surface area (Å²) in [6.45, 7) is 6.17. The molecule has 9 nitrogen and oxygen atoms in total. The van der Waals surface area contributed by atoms with Gasteiger partial charge in [0, 0.05) is 19.6 Å². The third-order valence-electron chi connectivity index (χ3n) is 3.12. The fraction of sp³-hybridized carbons (Fsp3) is 0.786. The van der Waals surface area contributed by atoms with Crippen molar-refractivity contribution in [3.05, 3.63) is 0 Å². The van der Waals surface area contributed by atoms with E-state index in [0.717, 1.165) is 0 Å². The molecule has 0 atom stereocenters. The minimum absolute atomic E-state index is 0.123. The molecule has 0 aromatic rings. The molecule has 2 amide bonds. The monoisotopic (exact) mass is 331 g/mol. The van der Waals surface area contributed by atoms with Gasteiger partial charge >= 0.3 is 12.1 Å². The maximum atomic E-state index is 11.9. The second-order valence-electron chi connectivity index (χ2n) is 6.63. The van der Waals surface area contributed by atoms with Crippen molar-refractivity contribution in [1.29, 1.82) is 0 Å². The van der Waals surface area contributed by atoms with Gasteiger partial charge in [-0.25, -0.2) is 4.79 Å². The average Bonchev–Trinajstić information content (AvgIpc) is 2.30. The number of carboxylic acid groups (broad SMARTS) is 1. The van der Waals surface area contributed by atoms with Crippen molar-refractivity contribution in [2.45, 2.75) is 38.3 Å². The Morgan fingerprint density at radius 2 is 1.91 bits per heavy atom. The molecule has 23 heavy (non-hydrogen) atoms. The van der Waals surface area contributed by atoms with Gasteiger partial charge in [-0.05, 0) is 20.8 Å². The number of nitrogens with zero attached hydrogens (tertiary/aromatic N) is 1. The van der Waals surface area contributed by atoms with Crippen molar-refractivity contribution in [2.24, 2.45) is 5.73 Å². The number of carbonyl (C=O) groups is 3. The zero-order valence-corrected chi connectivity index (χ0v) is 13.8. The molecule has 1 aliphatic heterocycles. The van der Waals surface area contributed by atoms with Crippen LogP contribution in [0.4, 0.5) is 4.79 Å². The van der Waals surface area contributed by atoms with Crippen molar-refractivity contribution >= 4 is 18.0 Å². The first kappa shape index (κ1) is 19.2. The van der Waals surface area contributed by atoms with Crippen molar-refractivity contribution < 1.29 is 29.0 Å². The molecular formula is C14H25N3O6. The highest BCUT2D eigenvalue weighted by Crippen LogP contribution is 2.26. The maximum Gasteiger partial charge on any atom is 0.410 e. The molecule has 0 radical (unpaired) electrons. The third kappa shape index (κ3) is 6.83. The minimum atomic E-state index is -0.959. The second kappa shape index (κ2) is 7.60. The molecule has 1 aliphatic rings. The van der Waals surface area contributed by atoms with E-state index in [-0.39, 0.29) is 32.7 Å². The van der Waals surface area contributed by atoms with E-state index >= 15 is 0 Å². The summed E-state index contributed by atoms with van der Waals surface area (Å²) >= 11 is 0. The Morgan fingerprint density at radius 3 is 2.39 bits per heavy atom. The zero-order valence-electron chi connectivity index (χ0n) is 13.8. The lowest BCUT2D eigenvalue weighted by atomic mass is 9.86. The van der Waals surface area contributed by atoms with Gasteiger partial charge in [-0.3, -0.25) is 9.59 Å². The Hall–Kier alpha value is -1.87. The maximum absolute atomic E-state index is 11.9. The van der Waals surface area contributed by atoms with Crippen LogP contribution in [0.1, 0.15) is 27.2 Å². The van der Waals surface area contributed by atoms with Crippen molar-refractivity contribution in [2.75, 3.05) is 32.8 Å². The topological polar surface area (TPSA) is 131 Å². The predicted molar refractivity (Wildman–Crippen MR) is 80.8 cm³/mol. The summed E-state index contributed by atoms with van der Waals surface area (Å²) in [5.74, 6) is -1.52. The Balaban J connectivity index is 2.45. The molecule has 0 bridgehead atoms. The Morgan fingerprint density at radius 1 is 1.30 bits per heavy atom. The van der Waals surface area contributed by atoms with E-state index in [2.05, 4.69) is 5.32 Å². The van der Waals surface area contributed by atoms with Crippen LogP contribution >= 0.6 is 0 Å². The van der Waals surface area contributed by atoms with Gasteiger partial charge in [0.05, 0.1) is 18.6 Å². The van der Waals surface area contributed by atoms with Gasteiger partial charge in [-0.2, -0.15) is 0 Å². The van der Waals surface area contributed by atoms with E-state index in [1.54, 1.807) is 20.8 Å². The second-order valence-corrected chi connectivity index (χ2v) is 6.63. The summed E-state index contributed by atoms with van der Waals surface area (Å²) in [5, 5.41) is 12.1. The van der Waals surface area contributed by atoms with Crippen LogP contribution in [0.5, 0.6) is 0 Å². The molecule has 132 valence electrons. The minimum Gasteiger partial charge on any atom is -0.481 e. The van der Waals surface area contributed by atoms with Crippen molar-refractivity contribution in [1.82, 2.24) is 10.2 Å². The third-order valence-corrected chi connectivity index (χ3v) is 3.12. The summed E-state index contributed by atoms with van der Waals surface area (Å²) in [5.41, 5.74) is 3.64. The molecule has 1 heterocycles. The van der Waals surface area contributed by atoms with Crippen LogP contribution in [0.2, 0.25) is 0 Å². The summed E-state index contributed by atoms with van der Waals surface area (Å²) in [6, 6.07) is 0. The lowest BCUT2D eigenvalue weighted by Gasteiger charge is -2.49. The van der Waals surface area contributed by atoms with Gasteiger partial charge in [0.15, 0.2) is 0 Å². The first-order valence-corrected chi connectivity index (χ1v) is 7.34. The first-order chi connectivity index (χ1) is 10.5. The molecule has 0 aliphatic carbocycles. The quantitative estimate of drug-likeness (QED) is 0.513. The number of likely N-dealkylation sites (tertiary alicyclic amines) is 1. The molecule has 1 rings (SSSR count). The lowest BCUT2D eigenvalue weighted by Crippen LogP contribution is -2.71. The van der Waals surface area contributed by atoms with Crippen LogP contribution in [-0.4, -0.2) is 72.0 Å². The highest BCUT2D eigenvalue weighted by Gasteiger charge is 2.47. The zero-order chi connectivity index (χ0) is 17.7. The molecule has 0 saturated carbocycles. The fourth-order valence-corrected chi connectivity index (χ4v) is 2.28. The van der Waals surface area contributed by atoms with Gasteiger partial charge in [-0.15, -0.1) is 0 Å². The number of nitrogens with one attached hydrogen (secondary N) is 1. The van der Waals surface area contributed by atoms with Crippen LogP contribution in [0.15, 0.2) is 0 Å². The molecule has 0 unspecified atom stereocenters. The number of hydrogen-bond donors (Lipinski definition) is 3. The van der Waals surface area contributed by atoms with Gasteiger partial charge in [0.2, 0.25) is 5.91 Å². The van der Waals surface area contributed by atoms with Gasteiger partial charge in [0.1, 0.15) is 12.2 Å². The van der Waals surface area contributed by atoms with Gasteiger partial charge in [-0.1, -0.05) is 0 Å². The SMILES string of the molecule is CC(C)(C)OC(=O)N1CC(CC(=O)O)(NCCOCC(N)=O)C1. The Labute approximate surface area is 135 Å². The van der Waals surface area contributed by atoms with E-state index in [1.165, 1.54) is 4.90 Å². The van der Waals surface area contributed by atoms with E-state index < -0.39 is 29.1 Å². The van der Waals surface area contributed by atoms with Crippen LogP contribution in [0.25, 0.3) is 0 Å². The van der Waals surface area contributed by atoms with Gasteiger partial charge < -0.3 is 30.5 Å². The number of primary amides is 1. The summed E-state index contributed by atoms with van der Waals surface area (Å²) < 4.78 is 10.3. The number of amides is 2. The van der Waals surface area contributed by atoms with Crippen LogP contribution in [0.3, 0.4) is 0 Å². The number of aliphatic carboxylic acids is 1. The summed E-state index contributed by atoms with van der Waals surface area (Å²) in [4.78, 5) is 34.9. The van der Waals surface area contributed by atoms with E-state index in [4.69, 9.17) is 20.3 Å². The molecule has 9 heteroatoms. The Bertz CT molecular complexity index is 454. The van der Waals surface area contributed by atoms with E-state index in [9.17, 15) is 14.4 Å². The molecular weight excluding hydrogens is 306 g/mol. The van der Waals surface area contributed by atoms with Crippen LogP contribution < -0.4 is 11.1 Å². The van der Waals surface area contributed by atoms with Crippen LogP contribution in [-0.2, 0) is 19.1 Å². The average molecular weight is 331 g/mol. The number of nitrogens with two attached hydrogens (primary N) is 1. The summed E-state index contributed by atoms with van der Waals surface area (Å²) in [7, 11) is 0. The van der Waals surface area contributed by atoms with Crippen LogP contribution in [0, 0.1) is 0 Å². The number of carbonyl (C=O) groups excluding carboxylic acids is 2. The highest BCUT2D eigenvalue weighted by molar-refractivity contribution is 5.75.